The topological polar surface area (TPSA) is 113 Å². The number of nitrogens with one attached hydrogen (secondary N) is 1. The molecular formula is C24H25N3O6S2. The molecule has 2 atom stereocenters. The molecule has 0 bridgehead atoms. The zero-order valence-corrected chi connectivity index (χ0v) is 21.0. The molecule has 1 aliphatic heterocycles. The summed E-state index contributed by atoms with van der Waals surface area (Å²) in [7, 11) is 0. The number of aromatic nitrogens is 2. The van der Waals surface area contributed by atoms with E-state index in [-0.39, 0.29) is 42.0 Å². The number of carbonyl (C=O) groups is 2. The lowest BCUT2D eigenvalue weighted by atomic mass is 9.88. The Balaban J connectivity index is 1.22. The Kier molecular flexibility index (Phi) is 6.96. The van der Waals surface area contributed by atoms with Crippen molar-refractivity contribution >= 4 is 40.0 Å². The fraction of sp³-hybridized carbons (Fsp3) is 0.417. The molecule has 184 valence electrons. The number of nitrogens with zero attached hydrogens (tertiary/aromatic N) is 2. The number of hydrogen-bond acceptors (Lipinski definition) is 10. The molecular weight excluding hydrogens is 490 g/mol. The van der Waals surface area contributed by atoms with Gasteiger partial charge in [-0.3, -0.25) is 4.79 Å². The third kappa shape index (κ3) is 5.15. The van der Waals surface area contributed by atoms with E-state index < -0.39 is 6.10 Å². The molecule has 0 spiro atoms. The van der Waals surface area contributed by atoms with Gasteiger partial charge in [-0.2, -0.15) is 0 Å². The minimum Gasteiger partial charge on any atom is -0.485 e. The van der Waals surface area contributed by atoms with Crippen LogP contribution in [0.5, 0.6) is 11.5 Å². The van der Waals surface area contributed by atoms with Crippen LogP contribution in [-0.4, -0.2) is 41.0 Å². The summed E-state index contributed by atoms with van der Waals surface area (Å²) in [5, 5.41) is 11.8. The van der Waals surface area contributed by atoms with Gasteiger partial charge >= 0.3 is 5.97 Å². The lowest BCUT2D eigenvalue weighted by Gasteiger charge is -2.23. The van der Waals surface area contributed by atoms with Crippen LogP contribution in [0.1, 0.15) is 53.1 Å². The minimum atomic E-state index is -0.521. The summed E-state index contributed by atoms with van der Waals surface area (Å²) in [5.74, 6) is 1.51. The van der Waals surface area contributed by atoms with Crippen LogP contribution in [0.25, 0.3) is 0 Å². The summed E-state index contributed by atoms with van der Waals surface area (Å²) in [6.45, 7) is 4.51. The number of thiophene rings is 1. The normalized spacial score (nSPS) is 18.6. The van der Waals surface area contributed by atoms with Crippen molar-refractivity contribution in [1.82, 2.24) is 10.2 Å². The van der Waals surface area contributed by atoms with E-state index in [1.54, 1.807) is 6.92 Å². The van der Waals surface area contributed by atoms with E-state index in [1.807, 2.05) is 24.3 Å². The number of fused-ring (bicyclic) bond motifs is 2. The van der Waals surface area contributed by atoms with Gasteiger partial charge in [-0.15, -0.1) is 21.5 Å². The quantitative estimate of drug-likeness (QED) is 0.354. The Labute approximate surface area is 210 Å². The average molecular weight is 516 g/mol. The van der Waals surface area contributed by atoms with Crippen LogP contribution in [0.2, 0.25) is 0 Å². The van der Waals surface area contributed by atoms with Gasteiger partial charge in [0.25, 0.3) is 11.1 Å². The number of ether oxygens (including phenoxy) is 3. The van der Waals surface area contributed by atoms with Crippen molar-refractivity contribution in [2.24, 2.45) is 5.92 Å². The highest BCUT2D eigenvalue weighted by molar-refractivity contribution is 7.99. The van der Waals surface area contributed by atoms with Crippen molar-refractivity contribution < 1.29 is 28.2 Å². The average Bonchev–Trinajstić information content (AvgIpc) is 3.47. The molecule has 2 unspecified atom stereocenters. The number of amides is 1. The fourth-order valence-corrected chi connectivity index (χ4v) is 6.08. The third-order valence-corrected chi connectivity index (χ3v) is 7.77. The standard InChI is InChI=1S/C24H25N3O6S2/c1-3-30-23(29)20-14-9-8-13(2)10-18(14)35-22(20)25-19(28)12-34-24-27-26-21(33-24)17-11-31-15-6-4-5-7-16(15)32-17/h4-7,13,17H,3,8-12H2,1-2H3,(H,25,28). The Bertz CT molecular complexity index is 1240. The predicted octanol–water partition coefficient (Wildman–Crippen LogP) is 4.68. The molecule has 1 N–H and O–H groups in total. The summed E-state index contributed by atoms with van der Waals surface area (Å²) in [6, 6.07) is 7.37. The Hall–Kier alpha value is -3.05. The van der Waals surface area contributed by atoms with E-state index in [9.17, 15) is 9.59 Å². The monoisotopic (exact) mass is 515 g/mol. The molecule has 0 saturated carbocycles. The fourth-order valence-electron chi connectivity index (χ4n) is 4.10. The summed E-state index contributed by atoms with van der Waals surface area (Å²) < 4.78 is 22.5. The third-order valence-electron chi connectivity index (χ3n) is 5.78. The van der Waals surface area contributed by atoms with E-state index >= 15 is 0 Å². The smallest absolute Gasteiger partial charge is 0.341 e. The zero-order chi connectivity index (χ0) is 24.4. The van der Waals surface area contributed by atoms with Crippen molar-refractivity contribution in [3.63, 3.8) is 0 Å². The first-order valence-corrected chi connectivity index (χ1v) is 13.3. The number of rotatable bonds is 7. The van der Waals surface area contributed by atoms with Gasteiger partial charge in [-0.25, -0.2) is 4.79 Å². The molecule has 5 rings (SSSR count). The SMILES string of the molecule is CCOC(=O)c1c(NC(=O)CSc2nnc(C3COc4ccccc4O3)o2)sc2c1CCC(C)C2. The Morgan fingerprint density at radius 3 is 2.91 bits per heavy atom. The van der Waals surface area contributed by atoms with Crippen molar-refractivity contribution in [3.05, 3.63) is 46.2 Å². The molecule has 3 heterocycles. The molecule has 1 aliphatic carbocycles. The number of esters is 1. The van der Waals surface area contributed by atoms with E-state index in [4.69, 9.17) is 18.6 Å². The van der Waals surface area contributed by atoms with Gasteiger partial charge in [0.1, 0.15) is 11.6 Å². The van der Waals surface area contributed by atoms with Gasteiger partial charge < -0.3 is 23.9 Å². The lowest BCUT2D eigenvalue weighted by molar-refractivity contribution is -0.113. The van der Waals surface area contributed by atoms with Gasteiger partial charge in [-0.1, -0.05) is 30.8 Å². The summed E-state index contributed by atoms with van der Waals surface area (Å²) >= 11 is 2.58. The maximum Gasteiger partial charge on any atom is 0.341 e. The van der Waals surface area contributed by atoms with Crippen molar-refractivity contribution in [1.29, 1.82) is 0 Å². The van der Waals surface area contributed by atoms with Crippen molar-refractivity contribution in [3.8, 4) is 11.5 Å². The Morgan fingerprint density at radius 1 is 1.26 bits per heavy atom. The Morgan fingerprint density at radius 2 is 2.09 bits per heavy atom. The summed E-state index contributed by atoms with van der Waals surface area (Å²) in [4.78, 5) is 26.5. The highest BCUT2D eigenvalue weighted by atomic mass is 32.2. The summed E-state index contributed by atoms with van der Waals surface area (Å²) in [6.07, 6.45) is 2.21. The molecule has 1 aromatic carbocycles. The molecule has 11 heteroatoms. The lowest BCUT2D eigenvalue weighted by Crippen LogP contribution is -2.21. The van der Waals surface area contributed by atoms with Gasteiger partial charge in [0.2, 0.25) is 12.0 Å². The van der Waals surface area contributed by atoms with Crippen LogP contribution in [0.3, 0.4) is 0 Å². The van der Waals surface area contributed by atoms with Gasteiger partial charge in [0.15, 0.2) is 11.5 Å². The van der Waals surface area contributed by atoms with E-state index in [0.717, 1.165) is 41.5 Å². The molecule has 3 aromatic rings. The van der Waals surface area contributed by atoms with Crippen LogP contribution in [-0.2, 0) is 22.4 Å². The van der Waals surface area contributed by atoms with E-state index in [2.05, 4.69) is 22.4 Å². The van der Waals surface area contributed by atoms with Gasteiger partial charge in [0.05, 0.1) is 17.9 Å². The molecule has 35 heavy (non-hydrogen) atoms. The van der Waals surface area contributed by atoms with Gasteiger partial charge in [-0.05, 0) is 49.8 Å². The largest absolute Gasteiger partial charge is 0.485 e. The van der Waals surface area contributed by atoms with Crippen LogP contribution >= 0.6 is 23.1 Å². The second-order valence-electron chi connectivity index (χ2n) is 8.38. The number of para-hydroxylation sites is 2. The first-order chi connectivity index (χ1) is 17.0. The number of hydrogen-bond donors (Lipinski definition) is 1. The first-order valence-electron chi connectivity index (χ1n) is 11.5. The molecule has 2 aromatic heterocycles. The second-order valence-corrected chi connectivity index (χ2v) is 10.4. The molecule has 0 radical (unpaired) electrons. The van der Waals surface area contributed by atoms with E-state index in [0.29, 0.717) is 28.0 Å². The van der Waals surface area contributed by atoms with Crippen LogP contribution in [0.15, 0.2) is 33.9 Å². The maximum absolute atomic E-state index is 12.7. The molecule has 9 nitrogen and oxygen atoms in total. The predicted molar refractivity (Wildman–Crippen MR) is 130 cm³/mol. The number of carbonyl (C=O) groups excluding carboxylic acids is 2. The van der Waals surface area contributed by atoms with Gasteiger partial charge in [0, 0.05) is 4.88 Å². The highest BCUT2D eigenvalue weighted by Gasteiger charge is 2.30. The van der Waals surface area contributed by atoms with Crippen molar-refractivity contribution in [2.45, 2.75) is 44.4 Å². The highest BCUT2D eigenvalue weighted by Crippen LogP contribution is 2.40. The zero-order valence-electron chi connectivity index (χ0n) is 19.4. The summed E-state index contributed by atoms with van der Waals surface area (Å²) in [5.41, 5.74) is 1.50. The molecule has 1 amide bonds. The number of thioether (sulfide) groups is 1. The first kappa shape index (κ1) is 23.7. The van der Waals surface area contributed by atoms with Crippen LogP contribution in [0.4, 0.5) is 5.00 Å². The molecule has 0 saturated heterocycles. The maximum atomic E-state index is 12.7. The van der Waals surface area contributed by atoms with Crippen LogP contribution < -0.4 is 14.8 Å². The van der Waals surface area contributed by atoms with Crippen molar-refractivity contribution in [2.75, 3.05) is 24.3 Å². The number of anilines is 1. The van der Waals surface area contributed by atoms with E-state index in [1.165, 1.54) is 11.3 Å². The molecule has 0 fully saturated rings. The second kappa shape index (κ2) is 10.3. The van der Waals surface area contributed by atoms with Crippen LogP contribution in [0, 0.1) is 5.92 Å². The number of benzene rings is 1. The minimum absolute atomic E-state index is 0.0493. The molecule has 2 aliphatic rings.